The van der Waals surface area contributed by atoms with Gasteiger partial charge in [-0.1, -0.05) is 0 Å². The summed E-state index contributed by atoms with van der Waals surface area (Å²) in [5.74, 6) is 1.08. The number of hydrogen-bond acceptors (Lipinski definition) is 6. The van der Waals surface area contributed by atoms with Crippen LogP contribution in [0.3, 0.4) is 0 Å². The molecule has 0 N–H and O–H groups in total. The van der Waals surface area contributed by atoms with Gasteiger partial charge in [0, 0.05) is 12.6 Å². The summed E-state index contributed by atoms with van der Waals surface area (Å²) >= 11 is 0. The minimum Gasteiger partial charge on any atom is -0.478 e. The molecule has 2 rings (SSSR count). The lowest BCUT2D eigenvalue weighted by Crippen LogP contribution is -2.46. The van der Waals surface area contributed by atoms with Crippen LogP contribution in [0.1, 0.15) is 33.1 Å². The number of anilines is 1. The van der Waals surface area contributed by atoms with E-state index in [0.717, 1.165) is 31.6 Å². The van der Waals surface area contributed by atoms with Crippen LogP contribution in [-0.4, -0.2) is 41.7 Å². The number of esters is 1. The lowest BCUT2D eigenvalue weighted by molar-refractivity contribution is -0.145. The van der Waals surface area contributed by atoms with Crippen LogP contribution in [0.25, 0.3) is 0 Å². The first-order valence-electron chi connectivity index (χ1n) is 7.14. The first-order valence-corrected chi connectivity index (χ1v) is 7.14. The van der Waals surface area contributed by atoms with Crippen LogP contribution in [0, 0.1) is 0 Å². The second kappa shape index (κ2) is 7.07. The standard InChI is InChI=1S/C14H21N3O3/c1-3-19-13-9-12(15-10-16-13)17-8-6-5-7-11(17)14(18)20-4-2/h9-11H,3-8H2,1-2H3. The van der Waals surface area contributed by atoms with Crippen molar-refractivity contribution in [2.75, 3.05) is 24.7 Å². The number of rotatable bonds is 5. The van der Waals surface area contributed by atoms with Crippen molar-refractivity contribution in [2.24, 2.45) is 0 Å². The first-order chi connectivity index (χ1) is 9.76. The molecule has 0 aromatic carbocycles. The minimum absolute atomic E-state index is 0.177. The van der Waals surface area contributed by atoms with Gasteiger partial charge in [0.2, 0.25) is 5.88 Å². The van der Waals surface area contributed by atoms with Gasteiger partial charge in [-0.2, -0.15) is 0 Å². The van der Waals surface area contributed by atoms with Crippen molar-refractivity contribution in [1.82, 2.24) is 9.97 Å². The predicted octanol–water partition coefficient (Wildman–Crippen LogP) is 1.80. The molecular formula is C14H21N3O3. The maximum Gasteiger partial charge on any atom is 0.328 e. The Labute approximate surface area is 119 Å². The van der Waals surface area contributed by atoms with Crippen LogP contribution in [0.15, 0.2) is 12.4 Å². The Morgan fingerprint density at radius 3 is 2.95 bits per heavy atom. The van der Waals surface area contributed by atoms with Crippen molar-refractivity contribution >= 4 is 11.8 Å². The average molecular weight is 279 g/mol. The van der Waals surface area contributed by atoms with Gasteiger partial charge < -0.3 is 14.4 Å². The fourth-order valence-electron chi connectivity index (χ4n) is 2.40. The van der Waals surface area contributed by atoms with Gasteiger partial charge in [-0.15, -0.1) is 0 Å². The van der Waals surface area contributed by atoms with Crippen LogP contribution >= 0.6 is 0 Å². The summed E-state index contributed by atoms with van der Waals surface area (Å²) in [7, 11) is 0. The lowest BCUT2D eigenvalue weighted by Gasteiger charge is -2.34. The van der Waals surface area contributed by atoms with Crippen molar-refractivity contribution < 1.29 is 14.3 Å². The quantitative estimate of drug-likeness (QED) is 0.766. The second-order valence-corrected chi connectivity index (χ2v) is 4.60. The summed E-state index contributed by atoms with van der Waals surface area (Å²) in [5.41, 5.74) is 0. The highest BCUT2D eigenvalue weighted by Crippen LogP contribution is 2.25. The third-order valence-electron chi connectivity index (χ3n) is 3.28. The molecule has 1 unspecified atom stereocenters. The van der Waals surface area contributed by atoms with E-state index in [1.165, 1.54) is 6.33 Å². The second-order valence-electron chi connectivity index (χ2n) is 4.60. The van der Waals surface area contributed by atoms with Gasteiger partial charge in [-0.25, -0.2) is 14.8 Å². The van der Waals surface area contributed by atoms with Crippen molar-refractivity contribution in [1.29, 1.82) is 0 Å². The predicted molar refractivity (Wildman–Crippen MR) is 74.8 cm³/mol. The van der Waals surface area contributed by atoms with E-state index in [1.807, 2.05) is 18.7 Å². The van der Waals surface area contributed by atoms with Gasteiger partial charge in [-0.3, -0.25) is 0 Å². The van der Waals surface area contributed by atoms with E-state index in [2.05, 4.69) is 9.97 Å². The Morgan fingerprint density at radius 2 is 2.20 bits per heavy atom. The highest BCUT2D eigenvalue weighted by atomic mass is 16.5. The number of hydrogen-bond donors (Lipinski definition) is 0. The largest absolute Gasteiger partial charge is 0.478 e. The zero-order valence-electron chi connectivity index (χ0n) is 12.0. The summed E-state index contributed by atoms with van der Waals surface area (Å²) in [6.07, 6.45) is 4.34. The molecule has 2 heterocycles. The topological polar surface area (TPSA) is 64.5 Å². The van der Waals surface area contributed by atoms with Crippen molar-refractivity contribution in [3.8, 4) is 5.88 Å². The summed E-state index contributed by atoms with van der Waals surface area (Å²) in [5, 5.41) is 0. The molecule has 1 atom stereocenters. The fraction of sp³-hybridized carbons (Fsp3) is 0.643. The monoisotopic (exact) mass is 279 g/mol. The van der Waals surface area contributed by atoms with E-state index in [9.17, 15) is 4.79 Å². The number of carbonyl (C=O) groups is 1. The molecule has 110 valence electrons. The zero-order chi connectivity index (χ0) is 14.4. The molecule has 6 nitrogen and oxygen atoms in total. The normalized spacial score (nSPS) is 18.7. The van der Waals surface area contributed by atoms with Crippen molar-refractivity contribution in [3.05, 3.63) is 12.4 Å². The third-order valence-corrected chi connectivity index (χ3v) is 3.28. The molecular weight excluding hydrogens is 258 g/mol. The van der Waals surface area contributed by atoms with Gasteiger partial charge in [0.1, 0.15) is 18.2 Å². The summed E-state index contributed by atoms with van der Waals surface area (Å²) < 4.78 is 10.5. The molecule has 0 aliphatic carbocycles. The van der Waals surface area contributed by atoms with Crippen LogP contribution < -0.4 is 9.64 Å². The molecule has 1 aromatic rings. The molecule has 6 heteroatoms. The van der Waals surface area contributed by atoms with E-state index >= 15 is 0 Å². The maximum absolute atomic E-state index is 12.1. The highest BCUT2D eigenvalue weighted by molar-refractivity contribution is 5.80. The maximum atomic E-state index is 12.1. The molecule has 0 spiro atoms. The molecule has 1 fully saturated rings. The molecule has 1 aliphatic heterocycles. The van der Waals surface area contributed by atoms with E-state index in [4.69, 9.17) is 9.47 Å². The molecule has 0 bridgehead atoms. The van der Waals surface area contributed by atoms with Gasteiger partial charge in [0.15, 0.2) is 0 Å². The minimum atomic E-state index is -0.256. The van der Waals surface area contributed by atoms with Crippen LogP contribution in [-0.2, 0) is 9.53 Å². The molecule has 0 radical (unpaired) electrons. The SMILES string of the molecule is CCOC(=O)C1CCCCN1c1cc(OCC)ncn1. The van der Waals surface area contributed by atoms with Gasteiger partial charge >= 0.3 is 5.97 Å². The molecule has 1 aromatic heterocycles. The lowest BCUT2D eigenvalue weighted by atomic mass is 10.0. The molecule has 0 amide bonds. The summed E-state index contributed by atoms with van der Waals surface area (Å²) in [6.45, 7) is 5.48. The van der Waals surface area contributed by atoms with Gasteiger partial charge in [-0.05, 0) is 33.1 Å². The first kappa shape index (κ1) is 14.6. The molecule has 0 saturated carbocycles. The summed E-state index contributed by atoms with van der Waals surface area (Å²) in [6, 6.07) is 1.52. The van der Waals surface area contributed by atoms with Gasteiger partial charge in [0.25, 0.3) is 0 Å². The number of aromatic nitrogens is 2. The Balaban J connectivity index is 2.18. The average Bonchev–Trinajstić information content (AvgIpc) is 2.48. The van der Waals surface area contributed by atoms with E-state index in [-0.39, 0.29) is 12.0 Å². The number of ether oxygens (including phenoxy) is 2. The third kappa shape index (κ3) is 3.37. The Bertz CT molecular complexity index is 453. The van der Waals surface area contributed by atoms with Crippen LogP contribution in [0.5, 0.6) is 5.88 Å². The van der Waals surface area contributed by atoms with E-state index in [0.29, 0.717) is 19.1 Å². The van der Waals surface area contributed by atoms with Crippen LogP contribution in [0.4, 0.5) is 5.82 Å². The highest BCUT2D eigenvalue weighted by Gasteiger charge is 2.31. The number of carbonyl (C=O) groups excluding carboxylic acids is 1. The van der Waals surface area contributed by atoms with E-state index in [1.54, 1.807) is 6.07 Å². The fourth-order valence-corrected chi connectivity index (χ4v) is 2.40. The molecule has 20 heavy (non-hydrogen) atoms. The zero-order valence-corrected chi connectivity index (χ0v) is 12.0. The van der Waals surface area contributed by atoms with Crippen LogP contribution in [0.2, 0.25) is 0 Å². The smallest absolute Gasteiger partial charge is 0.328 e. The van der Waals surface area contributed by atoms with E-state index < -0.39 is 0 Å². The van der Waals surface area contributed by atoms with Gasteiger partial charge in [0.05, 0.1) is 13.2 Å². The number of nitrogens with zero attached hydrogens (tertiary/aromatic N) is 3. The Kier molecular flexibility index (Phi) is 5.15. The Hall–Kier alpha value is -1.85. The molecule has 1 saturated heterocycles. The number of piperidine rings is 1. The van der Waals surface area contributed by atoms with Crippen molar-refractivity contribution in [3.63, 3.8) is 0 Å². The van der Waals surface area contributed by atoms with Crippen molar-refractivity contribution in [2.45, 2.75) is 39.2 Å². The molecule has 1 aliphatic rings. The Morgan fingerprint density at radius 1 is 1.35 bits per heavy atom. The summed E-state index contributed by atoms with van der Waals surface area (Å²) in [4.78, 5) is 22.4.